The van der Waals surface area contributed by atoms with Crippen LogP contribution in [0.5, 0.6) is 0 Å². The van der Waals surface area contributed by atoms with Gasteiger partial charge in [0.05, 0.1) is 0 Å². The van der Waals surface area contributed by atoms with Crippen LogP contribution in [-0.4, -0.2) is 80.2 Å². The van der Waals surface area contributed by atoms with E-state index in [1.165, 1.54) is 0 Å². The van der Waals surface area contributed by atoms with Crippen molar-refractivity contribution in [3.05, 3.63) is 0 Å². The Balaban J connectivity index is 2.60. The van der Waals surface area contributed by atoms with Crippen molar-refractivity contribution < 1.29 is 9.53 Å². The lowest BCUT2D eigenvalue weighted by Gasteiger charge is -2.39. The molecule has 1 aliphatic rings. The van der Waals surface area contributed by atoms with Gasteiger partial charge in [-0.05, 0) is 39.0 Å². The van der Waals surface area contributed by atoms with Crippen molar-refractivity contribution in [3.63, 3.8) is 0 Å². The maximum absolute atomic E-state index is 12.1. The van der Waals surface area contributed by atoms with Crippen LogP contribution in [-0.2, 0) is 4.74 Å². The van der Waals surface area contributed by atoms with Crippen LogP contribution in [0.2, 0.25) is 0 Å². The van der Waals surface area contributed by atoms with E-state index in [0.29, 0.717) is 0 Å². The van der Waals surface area contributed by atoms with Crippen molar-refractivity contribution >= 4 is 12.1 Å². The minimum Gasteiger partial charge on any atom is -0.444 e. The van der Waals surface area contributed by atoms with Crippen LogP contribution in [0.15, 0.2) is 4.99 Å². The van der Waals surface area contributed by atoms with Crippen LogP contribution in [0.1, 0.15) is 40.5 Å². The molecule has 0 aromatic rings. The second kappa shape index (κ2) is 7.41. The Bertz CT molecular complexity index is 420. The number of piperidine rings is 1. The zero-order valence-corrected chi connectivity index (χ0v) is 16.1. The number of carbonyl (C=O) groups is 1. The van der Waals surface area contributed by atoms with Crippen molar-refractivity contribution in [2.75, 3.05) is 47.8 Å². The highest BCUT2D eigenvalue weighted by molar-refractivity contribution is 5.79. The molecule has 0 saturated carbocycles. The number of aliphatic imine (C=N–C) groups is 1. The number of hydrogen-bond donors (Lipinski definition) is 0. The van der Waals surface area contributed by atoms with Crippen molar-refractivity contribution in [1.82, 2.24) is 14.7 Å². The SMILES string of the molecule is CN(C)C(=NCC1(C)CCN(C(=O)OC(C)(C)C)CC1)N(C)C. The first-order valence-electron chi connectivity index (χ1n) is 8.30. The summed E-state index contributed by atoms with van der Waals surface area (Å²) in [5.41, 5.74) is -0.301. The first kappa shape index (κ1) is 19.6. The number of carbonyl (C=O) groups excluding carboxylic acids is 1. The van der Waals surface area contributed by atoms with Gasteiger partial charge in [-0.3, -0.25) is 4.99 Å². The molecule has 0 aromatic heterocycles. The number of hydrogen-bond acceptors (Lipinski definition) is 3. The van der Waals surface area contributed by atoms with Gasteiger partial charge in [0.2, 0.25) is 0 Å². The third kappa shape index (κ3) is 6.28. The highest BCUT2D eigenvalue weighted by Crippen LogP contribution is 2.32. The molecule has 1 heterocycles. The van der Waals surface area contributed by atoms with E-state index >= 15 is 0 Å². The highest BCUT2D eigenvalue weighted by atomic mass is 16.6. The zero-order chi connectivity index (χ0) is 17.8. The minimum absolute atomic E-state index is 0.135. The average molecular weight is 326 g/mol. The quantitative estimate of drug-likeness (QED) is 0.578. The van der Waals surface area contributed by atoms with E-state index in [2.05, 4.69) is 6.92 Å². The summed E-state index contributed by atoms with van der Waals surface area (Å²) >= 11 is 0. The molecule has 1 amide bonds. The Hall–Kier alpha value is -1.46. The molecule has 0 aliphatic carbocycles. The summed E-state index contributed by atoms with van der Waals surface area (Å²) < 4.78 is 5.45. The Morgan fingerprint density at radius 3 is 2.00 bits per heavy atom. The van der Waals surface area contributed by atoms with Crippen LogP contribution in [0, 0.1) is 5.41 Å². The summed E-state index contributed by atoms with van der Waals surface area (Å²) in [5.74, 6) is 0.973. The molecule has 0 radical (unpaired) electrons. The van der Waals surface area contributed by atoms with Crippen molar-refractivity contribution in [2.24, 2.45) is 10.4 Å². The number of likely N-dealkylation sites (tertiary alicyclic amines) is 1. The molecular formula is C17H34N4O2. The Kier molecular flexibility index (Phi) is 6.31. The molecule has 1 aliphatic heterocycles. The van der Waals surface area contributed by atoms with Crippen LogP contribution >= 0.6 is 0 Å². The number of guanidine groups is 1. The maximum Gasteiger partial charge on any atom is 0.410 e. The predicted octanol–water partition coefficient (Wildman–Crippen LogP) is 2.50. The average Bonchev–Trinajstić information content (AvgIpc) is 2.36. The minimum atomic E-state index is -0.436. The van der Waals surface area contributed by atoms with E-state index in [1.807, 2.05) is 63.7 Å². The standard InChI is InChI=1S/C17H34N4O2/c1-16(2,3)23-15(22)21-11-9-17(4,10-12-21)13-18-14(19(5)6)20(7)8/h9-13H2,1-8H3. The number of amides is 1. The summed E-state index contributed by atoms with van der Waals surface area (Å²) in [6.07, 6.45) is 1.69. The van der Waals surface area contributed by atoms with E-state index in [9.17, 15) is 4.79 Å². The van der Waals surface area contributed by atoms with Gasteiger partial charge in [-0.2, -0.15) is 0 Å². The molecule has 1 fully saturated rings. The monoisotopic (exact) mass is 326 g/mol. The van der Waals surface area contributed by atoms with E-state index in [4.69, 9.17) is 9.73 Å². The molecule has 0 atom stereocenters. The lowest BCUT2D eigenvalue weighted by Crippen LogP contribution is -2.45. The molecule has 0 N–H and O–H groups in total. The van der Waals surface area contributed by atoms with E-state index in [0.717, 1.165) is 38.4 Å². The van der Waals surface area contributed by atoms with E-state index < -0.39 is 5.60 Å². The number of nitrogens with zero attached hydrogens (tertiary/aromatic N) is 4. The molecule has 6 heteroatoms. The summed E-state index contributed by atoms with van der Waals surface area (Å²) in [6, 6.07) is 0. The number of ether oxygens (including phenoxy) is 1. The fraction of sp³-hybridized carbons (Fsp3) is 0.882. The first-order chi connectivity index (χ1) is 10.4. The Morgan fingerprint density at radius 2 is 1.61 bits per heavy atom. The third-order valence-corrected chi connectivity index (χ3v) is 4.02. The van der Waals surface area contributed by atoms with E-state index in [1.54, 1.807) is 0 Å². The molecule has 134 valence electrons. The second-order valence-electron chi connectivity index (χ2n) is 8.18. The molecule has 0 spiro atoms. The molecule has 6 nitrogen and oxygen atoms in total. The van der Waals surface area contributed by atoms with Crippen LogP contribution in [0.25, 0.3) is 0 Å². The molecule has 1 rings (SSSR count). The third-order valence-electron chi connectivity index (χ3n) is 4.02. The van der Waals surface area contributed by atoms with Gasteiger partial charge in [-0.25, -0.2) is 4.79 Å². The summed E-state index contributed by atoms with van der Waals surface area (Å²) in [4.78, 5) is 22.8. The van der Waals surface area contributed by atoms with Gasteiger partial charge in [-0.15, -0.1) is 0 Å². The molecule has 0 unspecified atom stereocenters. The summed E-state index contributed by atoms with van der Waals surface area (Å²) in [5, 5.41) is 0. The van der Waals surface area contributed by atoms with Crippen molar-refractivity contribution in [2.45, 2.75) is 46.1 Å². The normalized spacial score (nSPS) is 17.5. The van der Waals surface area contributed by atoms with Gasteiger partial charge < -0.3 is 19.4 Å². The molecule has 0 bridgehead atoms. The van der Waals surface area contributed by atoms with Crippen LogP contribution < -0.4 is 0 Å². The fourth-order valence-corrected chi connectivity index (χ4v) is 2.66. The van der Waals surface area contributed by atoms with Gasteiger partial charge in [0.15, 0.2) is 5.96 Å². The lowest BCUT2D eigenvalue weighted by molar-refractivity contribution is 0.0127. The molecule has 23 heavy (non-hydrogen) atoms. The zero-order valence-electron chi connectivity index (χ0n) is 16.1. The fourth-order valence-electron chi connectivity index (χ4n) is 2.66. The van der Waals surface area contributed by atoms with Crippen molar-refractivity contribution in [3.8, 4) is 0 Å². The van der Waals surface area contributed by atoms with Gasteiger partial charge in [0.1, 0.15) is 5.60 Å². The van der Waals surface area contributed by atoms with Crippen LogP contribution in [0.4, 0.5) is 4.79 Å². The molecule has 0 aromatic carbocycles. The highest BCUT2D eigenvalue weighted by Gasteiger charge is 2.33. The van der Waals surface area contributed by atoms with Gasteiger partial charge in [0.25, 0.3) is 0 Å². The van der Waals surface area contributed by atoms with Gasteiger partial charge in [0, 0.05) is 47.8 Å². The van der Waals surface area contributed by atoms with Gasteiger partial charge in [-0.1, -0.05) is 6.92 Å². The molecule has 1 saturated heterocycles. The summed E-state index contributed by atoms with van der Waals surface area (Å²) in [7, 11) is 8.02. The largest absolute Gasteiger partial charge is 0.444 e. The Morgan fingerprint density at radius 1 is 1.13 bits per heavy atom. The van der Waals surface area contributed by atoms with Crippen molar-refractivity contribution in [1.29, 1.82) is 0 Å². The summed E-state index contributed by atoms with van der Waals surface area (Å²) in [6.45, 7) is 10.2. The smallest absolute Gasteiger partial charge is 0.410 e. The van der Waals surface area contributed by atoms with Gasteiger partial charge >= 0.3 is 6.09 Å². The topological polar surface area (TPSA) is 48.4 Å². The molecular weight excluding hydrogens is 292 g/mol. The first-order valence-corrected chi connectivity index (χ1v) is 8.30. The van der Waals surface area contributed by atoms with E-state index in [-0.39, 0.29) is 11.5 Å². The second-order valence-corrected chi connectivity index (χ2v) is 8.18. The number of rotatable bonds is 2. The predicted molar refractivity (Wildman–Crippen MR) is 94.8 cm³/mol. The van der Waals surface area contributed by atoms with Crippen LogP contribution in [0.3, 0.4) is 0 Å². The lowest BCUT2D eigenvalue weighted by atomic mass is 9.80. The Labute approximate surface area is 141 Å². The maximum atomic E-state index is 12.1.